The molecule has 4 aromatic rings. The number of hydrogen-bond acceptors (Lipinski definition) is 4. The van der Waals surface area contributed by atoms with Gasteiger partial charge in [0.05, 0.1) is 24.6 Å². The monoisotopic (exact) mass is 428 g/mol. The van der Waals surface area contributed by atoms with Crippen LogP contribution in [0.3, 0.4) is 0 Å². The molecule has 154 valence electrons. The summed E-state index contributed by atoms with van der Waals surface area (Å²) >= 11 is 6.13. The predicted octanol–water partition coefficient (Wildman–Crippen LogP) is 6.03. The number of aryl methyl sites for hydroxylation is 1. The van der Waals surface area contributed by atoms with Crippen LogP contribution in [0, 0.1) is 6.92 Å². The summed E-state index contributed by atoms with van der Waals surface area (Å²) in [5.74, 6) is 1.64. The average molecular weight is 429 g/mol. The number of halogens is 1. The van der Waals surface area contributed by atoms with E-state index in [0.717, 1.165) is 45.2 Å². The van der Waals surface area contributed by atoms with E-state index in [1.165, 1.54) is 0 Å². The molecule has 0 amide bonds. The fourth-order valence-corrected chi connectivity index (χ4v) is 4.27. The fourth-order valence-electron chi connectivity index (χ4n) is 4.14. The first-order chi connectivity index (χ1) is 15.2. The van der Waals surface area contributed by atoms with E-state index in [1.54, 1.807) is 13.3 Å². The van der Waals surface area contributed by atoms with Crippen LogP contribution < -0.4 is 4.74 Å². The zero-order valence-electron chi connectivity index (χ0n) is 17.3. The summed E-state index contributed by atoms with van der Waals surface area (Å²) in [6.07, 6.45) is 4.38. The van der Waals surface area contributed by atoms with Crippen LogP contribution in [0.25, 0.3) is 11.1 Å². The minimum absolute atomic E-state index is 0.0131. The van der Waals surface area contributed by atoms with Gasteiger partial charge in [0, 0.05) is 35.0 Å². The molecule has 2 aromatic heterocycles. The lowest BCUT2D eigenvalue weighted by molar-refractivity contribution is 0.413. The fraction of sp³-hybridized carbons (Fsp3) is 0.160. The van der Waals surface area contributed by atoms with Gasteiger partial charge in [0.25, 0.3) is 0 Å². The van der Waals surface area contributed by atoms with Crippen molar-refractivity contribution in [3.8, 4) is 16.9 Å². The third kappa shape index (κ3) is 3.51. The maximum absolute atomic E-state index is 6.13. The molecule has 0 unspecified atom stereocenters. The molecule has 0 saturated carbocycles. The third-order valence-electron chi connectivity index (χ3n) is 5.60. The number of fused-ring (bicyclic) bond motifs is 1. The van der Waals surface area contributed by atoms with Gasteiger partial charge in [-0.1, -0.05) is 41.9 Å². The lowest BCUT2D eigenvalue weighted by Crippen LogP contribution is -2.21. The Morgan fingerprint density at radius 3 is 2.58 bits per heavy atom. The van der Waals surface area contributed by atoms with Crippen molar-refractivity contribution >= 4 is 23.1 Å². The smallest absolute Gasteiger partial charge is 0.159 e. The van der Waals surface area contributed by atoms with Crippen LogP contribution in [0.5, 0.6) is 5.75 Å². The van der Waals surface area contributed by atoms with Crippen molar-refractivity contribution < 1.29 is 4.74 Å². The van der Waals surface area contributed by atoms with Crippen molar-refractivity contribution in [3.63, 3.8) is 0 Å². The van der Waals surface area contributed by atoms with E-state index >= 15 is 0 Å². The first kappa shape index (κ1) is 19.5. The van der Waals surface area contributed by atoms with E-state index in [1.807, 2.05) is 66.3 Å². The predicted molar refractivity (Wildman–Crippen MR) is 124 cm³/mol. The lowest BCUT2D eigenvalue weighted by Gasteiger charge is -2.25. The highest BCUT2D eigenvalue weighted by Gasteiger charge is 2.30. The van der Waals surface area contributed by atoms with Crippen molar-refractivity contribution in [2.45, 2.75) is 19.4 Å². The second-order valence-electron chi connectivity index (χ2n) is 7.50. The van der Waals surface area contributed by atoms with E-state index in [2.05, 4.69) is 17.1 Å². The second kappa shape index (κ2) is 8.00. The largest absolute Gasteiger partial charge is 0.496 e. The number of rotatable bonds is 4. The number of hydrogen-bond donors (Lipinski definition) is 0. The molecule has 0 radical (unpaired) electrons. The van der Waals surface area contributed by atoms with Crippen LogP contribution in [0.1, 0.15) is 29.3 Å². The summed E-state index contributed by atoms with van der Waals surface area (Å²) in [7, 11) is 1.69. The van der Waals surface area contributed by atoms with Gasteiger partial charge in [0.1, 0.15) is 5.75 Å². The average Bonchev–Trinajstić information content (AvgIpc) is 3.15. The van der Waals surface area contributed by atoms with Gasteiger partial charge in [0.2, 0.25) is 0 Å². The van der Waals surface area contributed by atoms with Gasteiger partial charge in [0.15, 0.2) is 5.82 Å². The Morgan fingerprint density at radius 2 is 1.84 bits per heavy atom. The number of pyridine rings is 1. The Kier molecular flexibility index (Phi) is 5.04. The molecule has 2 aromatic carbocycles. The molecule has 0 N–H and O–H groups in total. The molecule has 1 aliphatic heterocycles. The van der Waals surface area contributed by atoms with E-state index in [0.29, 0.717) is 11.4 Å². The van der Waals surface area contributed by atoms with Crippen molar-refractivity contribution in [1.29, 1.82) is 0 Å². The van der Waals surface area contributed by atoms with Crippen LogP contribution in [0.2, 0.25) is 5.02 Å². The lowest BCUT2D eigenvalue weighted by atomic mass is 9.95. The first-order valence-corrected chi connectivity index (χ1v) is 10.5. The van der Waals surface area contributed by atoms with E-state index in [9.17, 15) is 0 Å². The highest BCUT2D eigenvalue weighted by Crippen LogP contribution is 2.42. The van der Waals surface area contributed by atoms with E-state index < -0.39 is 0 Å². The summed E-state index contributed by atoms with van der Waals surface area (Å²) in [6, 6.07) is 19.9. The molecule has 0 bridgehead atoms. The van der Waals surface area contributed by atoms with E-state index in [-0.39, 0.29) is 6.04 Å². The molecular weight excluding hydrogens is 408 g/mol. The zero-order chi connectivity index (χ0) is 21.4. The quantitative estimate of drug-likeness (QED) is 0.398. The minimum atomic E-state index is -0.0131. The highest BCUT2D eigenvalue weighted by atomic mass is 35.5. The van der Waals surface area contributed by atoms with Gasteiger partial charge in [-0.15, -0.1) is 0 Å². The van der Waals surface area contributed by atoms with Crippen LogP contribution in [-0.4, -0.2) is 27.6 Å². The summed E-state index contributed by atoms with van der Waals surface area (Å²) in [6.45, 7) is 2.02. The molecule has 5 rings (SSSR count). The number of benzene rings is 2. The molecule has 31 heavy (non-hydrogen) atoms. The molecule has 0 aliphatic carbocycles. The van der Waals surface area contributed by atoms with Gasteiger partial charge in [-0.2, -0.15) is 5.10 Å². The Balaban J connectivity index is 1.74. The van der Waals surface area contributed by atoms with Crippen molar-refractivity contribution in [1.82, 2.24) is 14.8 Å². The summed E-state index contributed by atoms with van der Waals surface area (Å²) in [4.78, 5) is 9.44. The Hall–Kier alpha value is -3.44. The van der Waals surface area contributed by atoms with Crippen LogP contribution in [0.4, 0.5) is 5.82 Å². The molecule has 1 atom stereocenters. The number of nitrogens with zero attached hydrogens (tertiary/aromatic N) is 4. The maximum Gasteiger partial charge on any atom is 0.159 e. The molecule has 3 heterocycles. The summed E-state index contributed by atoms with van der Waals surface area (Å²) in [5, 5.41) is 5.60. The van der Waals surface area contributed by atoms with Crippen LogP contribution in [0.15, 0.2) is 78.0 Å². The molecule has 6 heteroatoms. The number of para-hydroxylation sites is 1. The number of methoxy groups -OCH3 is 1. The normalized spacial score (nSPS) is 15.3. The molecule has 0 fully saturated rings. The number of ether oxygens (including phenoxy) is 1. The van der Waals surface area contributed by atoms with E-state index in [4.69, 9.17) is 26.4 Å². The Morgan fingerprint density at radius 1 is 1.03 bits per heavy atom. The number of aromatic nitrogens is 3. The second-order valence-corrected chi connectivity index (χ2v) is 7.94. The number of aliphatic imine (C=N–C) groups is 1. The third-order valence-corrected chi connectivity index (χ3v) is 5.85. The Bertz CT molecular complexity index is 1260. The van der Waals surface area contributed by atoms with Crippen molar-refractivity contribution in [2.24, 2.45) is 4.99 Å². The summed E-state index contributed by atoms with van der Waals surface area (Å²) < 4.78 is 7.65. The van der Waals surface area contributed by atoms with Crippen molar-refractivity contribution in [2.75, 3.05) is 7.11 Å². The van der Waals surface area contributed by atoms with Gasteiger partial charge in [-0.25, -0.2) is 9.67 Å². The zero-order valence-corrected chi connectivity index (χ0v) is 18.0. The molecule has 1 aliphatic rings. The van der Waals surface area contributed by atoms with Crippen LogP contribution in [-0.2, 0) is 0 Å². The van der Waals surface area contributed by atoms with Gasteiger partial charge < -0.3 is 4.74 Å². The molecule has 0 saturated heterocycles. The Labute approximate surface area is 186 Å². The highest BCUT2D eigenvalue weighted by molar-refractivity contribution is 6.30. The van der Waals surface area contributed by atoms with Crippen LogP contribution >= 0.6 is 11.6 Å². The van der Waals surface area contributed by atoms with Crippen molar-refractivity contribution in [3.05, 3.63) is 94.9 Å². The molecular formula is C25H21ClN4O. The maximum atomic E-state index is 6.13. The standard InChI is InChI=1S/C25H21ClN4O/c1-16-24(17-9-11-19(26)12-10-17)25-28-21(20-7-3-4-8-23(20)31-2)14-22(30(25)29-16)18-6-5-13-27-15-18/h3-13,15,22H,14H2,1-2H3/t22-/m1/s1. The first-order valence-electron chi connectivity index (χ1n) is 10.1. The van der Waals surface area contributed by atoms with Gasteiger partial charge in [-0.05, 0) is 48.4 Å². The topological polar surface area (TPSA) is 52.3 Å². The molecule has 5 nitrogen and oxygen atoms in total. The SMILES string of the molecule is COc1ccccc1C1=Nc2c(-c3ccc(Cl)cc3)c(C)nn2[C@@H](c2cccnc2)C1. The minimum Gasteiger partial charge on any atom is -0.496 e. The van der Waals surface area contributed by atoms with Gasteiger partial charge >= 0.3 is 0 Å². The summed E-state index contributed by atoms with van der Waals surface area (Å²) in [5.41, 5.74) is 6.03. The van der Waals surface area contributed by atoms with Gasteiger partial charge in [-0.3, -0.25) is 4.98 Å². The molecule has 0 spiro atoms.